The van der Waals surface area contributed by atoms with E-state index in [2.05, 4.69) is 5.32 Å². The number of nitrogens with one attached hydrogen (secondary N) is 1. The van der Waals surface area contributed by atoms with Crippen LogP contribution in [0.5, 0.6) is 11.5 Å². The first-order valence-electron chi connectivity index (χ1n) is 5.89. The molecule has 5 nitrogen and oxygen atoms in total. The van der Waals surface area contributed by atoms with E-state index in [1.165, 1.54) is 0 Å². The standard InChI is InChI=1S/C13H20N2O3/c1-4-9(8-14)13(16)15-11-6-5-10(17-2)7-12(11)18-3/h5-7,9H,4,8,14H2,1-3H3,(H,15,16). The Labute approximate surface area is 107 Å². The van der Waals surface area contributed by atoms with Crippen LogP contribution in [0.1, 0.15) is 13.3 Å². The van der Waals surface area contributed by atoms with Gasteiger partial charge in [0.05, 0.1) is 25.8 Å². The van der Waals surface area contributed by atoms with Gasteiger partial charge in [-0.25, -0.2) is 0 Å². The Hall–Kier alpha value is -1.75. The van der Waals surface area contributed by atoms with Gasteiger partial charge in [-0.1, -0.05) is 6.92 Å². The van der Waals surface area contributed by atoms with E-state index < -0.39 is 0 Å². The van der Waals surface area contributed by atoms with Crippen LogP contribution in [0, 0.1) is 5.92 Å². The molecule has 0 spiro atoms. The average Bonchev–Trinajstić information content (AvgIpc) is 2.40. The fourth-order valence-electron chi connectivity index (χ4n) is 1.60. The molecule has 3 N–H and O–H groups in total. The van der Waals surface area contributed by atoms with Gasteiger partial charge in [0.25, 0.3) is 0 Å². The number of methoxy groups -OCH3 is 2. The maximum absolute atomic E-state index is 11.9. The number of amides is 1. The van der Waals surface area contributed by atoms with Crippen molar-refractivity contribution in [2.45, 2.75) is 13.3 Å². The highest BCUT2D eigenvalue weighted by Gasteiger charge is 2.16. The molecule has 0 saturated heterocycles. The molecular weight excluding hydrogens is 232 g/mol. The van der Waals surface area contributed by atoms with E-state index in [1.54, 1.807) is 32.4 Å². The number of carbonyl (C=O) groups is 1. The minimum Gasteiger partial charge on any atom is -0.497 e. The number of benzene rings is 1. The molecule has 0 aliphatic rings. The summed E-state index contributed by atoms with van der Waals surface area (Å²) in [7, 11) is 3.12. The molecule has 100 valence electrons. The molecule has 0 fully saturated rings. The predicted octanol–water partition coefficient (Wildman–Crippen LogP) is 1.63. The SMILES string of the molecule is CCC(CN)C(=O)Nc1ccc(OC)cc1OC. The van der Waals surface area contributed by atoms with Crippen LogP contribution in [0.15, 0.2) is 18.2 Å². The van der Waals surface area contributed by atoms with E-state index in [0.29, 0.717) is 30.2 Å². The summed E-state index contributed by atoms with van der Waals surface area (Å²) < 4.78 is 10.3. The molecule has 5 heteroatoms. The summed E-state index contributed by atoms with van der Waals surface area (Å²) >= 11 is 0. The molecule has 1 rings (SSSR count). The van der Waals surface area contributed by atoms with E-state index in [4.69, 9.17) is 15.2 Å². The fraction of sp³-hybridized carbons (Fsp3) is 0.462. The van der Waals surface area contributed by atoms with Crippen molar-refractivity contribution in [3.63, 3.8) is 0 Å². The van der Waals surface area contributed by atoms with E-state index >= 15 is 0 Å². The molecule has 1 aromatic carbocycles. The Morgan fingerprint density at radius 2 is 2.11 bits per heavy atom. The molecule has 1 amide bonds. The van der Waals surface area contributed by atoms with Crippen LogP contribution in [0.25, 0.3) is 0 Å². The fourth-order valence-corrected chi connectivity index (χ4v) is 1.60. The van der Waals surface area contributed by atoms with Gasteiger partial charge in [0.15, 0.2) is 0 Å². The van der Waals surface area contributed by atoms with Gasteiger partial charge in [-0.15, -0.1) is 0 Å². The van der Waals surface area contributed by atoms with Crippen molar-refractivity contribution in [1.29, 1.82) is 0 Å². The van der Waals surface area contributed by atoms with Crippen molar-refractivity contribution in [2.75, 3.05) is 26.1 Å². The average molecular weight is 252 g/mol. The molecule has 18 heavy (non-hydrogen) atoms. The van der Waals surface area contributed by atoms with Crippen LogP contribution >= 0.6 is 0 Å². The van der Waals surface area contributed by atoms with Crippen molar-refractivity contribution < 1.29 is 14.3 Å². The van der Waals surface area contributed by atoms with Gasteiger partial charge in [-0.3, -0.25) is 4.79 Å². The summed E-state index contributed by atoms with van der Waals surface area (Å²) in [6, 6.07) is 5.24. The Morgan fingerprint density at radius 1 is 1.39 bits per heavy atom. The second-order valence-corrected chi connectivity index (χ2v) is 3.90. The molecule has 1 unspecified atom stereocenters. The normalized spacial score (nSPS) is 11.8. The number of nitrogens with two attached hydrogens (primary N) is 1. The van der Waals surface area contributed by atoms with Crippen molar-refractivity contribution in [2.24, 2.45) is 11.7 Å². The minimum atomic E-state index is -0.184. The lowest BCUT2D eigenvalue weighted by Gasteiger charge is -2.15. The number of anilines is 1. The number of ether oxygens (including phenoxy) is 2. The largest absolute Gasteiger partial charge is 0.497 e. The highest BCUT2D eigenvalue weighted by molar-refractivity contribution is 5.94. The first-order chi connectivity index (χ1) is 8.65. The first-order valence-corrected chi connectivity index (χ1v) is 5.89. The van der Waals surface area contributed by atoms with Crippen molar-refractivity contribution in [3.8, 4) is 11.5 Å². The zero-order valence-corrected chi connectivity index (χ0v) is 11.0. The molecule has 0 radical (unpaired) electrons. The van der Waals surface area contributed by atoms with Gasteiger partial charge in [0.2, 0.25) is 5.91 Å². The van der Waals surface area contributed by atoms with Gasteiger partial charge >= 0.3 is 0 Å². The number of hydrogen-bond donors (Lipinski definition) is 2. The molecule has 0 aliphatic carbocycles. The lowest BCUT2D eigenvalue weighted by molar-refractivity contribution is -0.119. The lowest BCUT2D eigenvalue weighted by Crippen LogP contribution is -2.28. The molecule has 1 aromatic rings. The van der Waals surface area contributed by atoms with Crippen molar-refractivity contribution in [1.82, 2.24) is 0 Å². The first kappa shape index (κ1) is 14.3. The molecule has 0 aliphatic heterocycles. The molecule has 0 bridgehead atoms. The van der Waals surface area contributed by atoms with E-state index in [1.807, 2.05) is 6.92 Å². The highest BCUT2D eigenvalue weighted by Crippen LogP contribution is 2.29. The molecule has 0 saturated carbocycles. The third-order valence-electron chi connectivity index (χ3n) is 2.81. The van der Waals surface area contributed by atoms with Crippen molar-refractivity contribution in [3.05, 3.63) is 18.2 Å². The lowest BCUT2D eigenvalue weighted by atomic mass is 10.1. The number of carbonyl (C=O) groups excluding carboxylic acids is 1. The molecule has 0 heterocycles. The number of hydrogen-bond acceptors (Lipinski definition) is 4. The third kappa shape index (κ3) is 3.37. The maximum Gasteiger partial charge on any atom is 0.228 e. The maximum atomic E-state index is 11.9. The van der Waals surface area contributed by atoms with Gasteiger partial charge in [0.1, 0.15) is 11.5 Å². The van der Waals surface area contributed by atoms with Crippen LogP contribution in [0.4, 0.5) is 5.69 Å². The second-order valence-electron chi connectivity index (χ2n) is 3.90. The van der Waals surface area contributed by atoms with E-state index in [-0.39, 0.29) is 11.8 Å². The van der Waals surface area contributed by atoms with Gasteiger partial charge < -0.3 is 20.5 Å². The Bertz CT molecular complexity index is 403. The highest BCUT2D eigenvalue weighted by atomic mass is 16.5. The van der Waals surface area contributed by atoms with Crippen LogP contribution in [0.3, 0.4) is 0 Å². The molecular formula is C13H20N2O3. The predicted molar refractivity (Wildman–Crippen MR) is 71.0 cm³/mol. The molecule has 1 atom stereocenters. The summed E-state index contributed by atoms with van der Waals surface area (Å²) in [6.45, 7) is 2.27. The summed E-state index contributed by atoms with van der Waals surface area (Å²) in [5.74, 6) is 0.963. The van der Waals surface area contributed by atoms with Gasteiger partial charge in [0, 0.05) is 12.6 Å². The number of rotatable bonds is 6. The Kier molecular flexibility index (Phi) is 5.45. The smallest absolute Gasteiger partial charge is 0.228 e. The van der Waals surface area contributed by atoms with E-state index in [9.17, 15) is 4.79 Å². The van der Waals surface area contributed by atoms with E-state index in [0.717, 1.165) is 0 Å². The zero-order valence-electron chi connectivity index (χ0n) is 11.0. The van der Waals surface area contributed by atoms with Crippen LogP contribution in [-0.2, 0) is 4.79 Å². The van der Waals surface area contributed by atoms with Crippen LogP contribution in [-0.4, -0.2) is 26.7 Å². The summed E-state index contributed by atoms with van der Waals surface area (Å²) in [5.41, 5.74) is 6.16. The summed E-state index contributed by atoms with van der Waals surface area (Å²) in [6.07, 6.45) is 0.709. The van der Waals surface area contributed by atoms with Crippen LogP contribution < -0.4 is 20.5 Å². The van der Waals surface area contributed by atoms with Crippen molar-refractivity contribution >= 4 is 11.6 Å². The van der Waals surface area contributed by atoms with Crippen LogP contribution in [0.2, 0.25) is 0 Å². The van der Waals surface area contributed by atoms with Gasteiger partial charge in [-0.05, 0) is 18.6 Å². The summed E-state index contributed by atoms with van der Waals surface area (Å²) in [4.78, 5) is 11.9. The topological polar surface area (TPSA) is 73.6 Å². The Balaban J connectivity index is 2.86. The molecule has 0 aromatic heterocycles. The minimum absolute atomic E-state index is 0.0940. The second kappa shape index (κ2) is 6.86. The third-order valence-corrected chi connectivity index (χ3v) is 2.81. The zero-order chi connectivity index (χ0) is 13.5. The Morgan fingerprint density at radius 3 is 2.61 bits per heavy atom. The summed E-state index contributed by atoms with van der Waals surface area (Å²) in [5, 5.41) is 2.82. The van der Waals surface area contributed by atoms with Gasteiger partial charge in [-0.2, -0.15) is 0 Å². The quantitative estimate of drug-likeness (QED) is 0.807. The monoisotopic (exact) mass is 252 g/mol.